The van der Waals surface area contributed by atoms with Gasteiger partial charge >= 0.3 is 0 Å². The predicted octanol–water partition coefficient (Wildman–Crippen LogP) is 1.60. The maximum Gasteiger partial charge on any atom is 0.236 e. The standard InChI is InChI=1S/C17H24N4O2S.ClH/c1-23-11-6-18-12-17(22)21-9-7-20(8-10-21)13-16-19-14-4-2-3-5-15(14)24-16;/h2-5,18H,6-13H2,1H3;1H. The van der Waals surface area contributed by atoms with Crippen molar-refractivity contribution >= 4 is 39.9 Å². The summed E-state index contributed by atoms with van der Waals surface area (Å²) in [6, 6.07) is 8.25. The summed E-state index contributed by atoms with van der Waals surface area (Å²) in [4.78, 5) is 21.1. The molecule has 8 heteroatoms. The molecule has 2 aromatic rings. The van der Waals surface area contributed by atoms with Crippen LogP contribution in [0, 0.1) is 0 Å². The Morgan fingerprint density at radius 1 is 1.28 bits per heavy atom. The SMILES string of the molecule is COCCNCC(=O)N1CCN(Cc2nc3ccccc3s2)CC1.Cl. The normalized spacial score (nSPS) is 15.3. The van der Waals surface area contributed by atoms with E-state index in [2.05, 4.69) is 28.4 Å². The third-order valence-electron chi connectivity index (χ3n) is 4.18. The average Bonchev–Trinajstić information content (AvgIpc) is 3.01. The number of piperazine rings is 1. The Balaban J connectivity index is 0.00000225. The van der Waals surface area contributed by atoms with Gasteiger partial charge in [0.2, 0.25) is 5.91 Å². The molecule has 3 rings (SSSR count). The lowest BCUT2D eigenvalue weighted by Gasteiger charge is -2.34. The number of carbonyl (C=O) groups is 1. The molecule has 0 spiro atoms. The molecular formula is C17H25ClN4O2S. The number of para-hydroxylation sites is 1. The largest absolute Gasteiger partial charge is 0.383 e. The molecule has 1 aromatic heterocycles. The molecular weight excluding hydrogens is 360 g/mol. The zero-order valence-electron chi connectivity index (χ0n) is 14.4. The summed E-state index contributed by atoms with van der Waals surface area (Å²) in [6.07, 6.45) is 0. The first kappa shape index (κ1) is 20.1. The van der Waals surface area contributed by atoms with E-state index in [1.807, 2.05) is 11.0 Å². The van der Waals surface area contributed by atoms with Crippen molar-refractivity contribution in [3.63, 3.8) is 0 Å². The lowest BCUT2D eigenvalue weighted by atomic mass is 10.3. The molecule has 0 bridgehead atoms. The molecule has 6 nitrogen and oxygen atoms in total. The Kier molecular flexibility index (Phi) is 8.05. The van der Waals surface area contributed by atoms with Gasteiger partial charge in [-0.15, -0.1) is 23.7 Å². The number of hydrogen-bond donors (Lipinski definition) is 1. The molecule has 1 saturated heterocycles. The van der Waals surface area contributed by atoms with Gasteiger partial charge in [0.1, 0.15) is 5.01 Å². The van der Waals surface area contributed by atoms with Crippen LogP contribution in [-0.4, -0.2) is 73.7 Å². The number of carbonyl (C=O) groups excluding carboxylic acids is 1. The highest BCUT2D eigenvalue weighted by Crippen LogP contribution is 2.22. The number of hydrogen-bond acceptors (Lipinski definition) is 6. The molecule has 1 N–H and O–H groups in total. The van der Waals surface area contributed by atoms with Crippen molar-refractivity contribution in [2.45, 2.75) is 6.54 Å². The van der Waals surface area contributed by atoms with Crippen molar-refractivity contribution < 1.29 is 9.53 Å². The Hall–Kier alpha value is -1.25. The van der Waals surface area contributed by atoms with Crippen LogP contribution in [-0.2, 0) is 16.1 Å². The van der Waals surface area contributed by atoms with Gasteiger partial charge < -0.3 is 15.0 Å². The quantitative estimate of drug-likeness (QED) is 0.735. The maximum atomic E-state index is 12.1. The highest BCUT2D eigenvalue weighted by molar-refractivity contribution is 7.18. The van der Waals surface area contributed by atoms with E-state index in [0.717, 1.165) is 43.2 Å². The Morgan fingerprint density at radius 2 is 2.04 bits per heavy atom. The summed E-state index contributed by atoms with van der Waals surface area (Å²) in [5, 5.41) is 4.26. The van der Waals surface area contributed by atoms with Crippen LogP contribution in [0.1, 0.15) is 5.01 Å². The number of thiazole rings is 1. The van der Waals surface area contributed by atoms with Crippen LogP contribution in [0.25, 0.3) is 10.2 Å². The second-order valence-corrected chi connectivity index (χ2v) is 7.02. The number of aromatic nitrogens is 1. The summed E-state index contributed by atoms with van der Waals surface area (Å²) >= 11 is 1.76. The number of methoxy groups -OCH3 is 1. The van der Waals surface area contributed by atoms with E-state index >= 15 is 0 Å². The molecule has 0 saturated carbocycles. The minimum Gasteiger partial charge on any atom is -0.383 e. The van der Waals surface area contributed by atoms with Crippen LogP contribution in [0.2, 0.25) is 0 Å². The van der Waals surface area contributed by atoms with Gasteiger partial charge in [-0.1, -0.05) is 12.1 Å². The molecule has 138 valence electrons. The third kappa shape index (κ3) is 5.62. The van der Waals surface area contributed by atoms with Gasteiger partial charge in [-0.2, -0.15) is 0 Å². The smallest absolute Gasteiger partial charge is 0.236 e. The Labute approximate surface area is 158 Å². The molecule has 25 heavy (non-hydrogen) atoms. The van der Waals surface area contributed by atoms with E-state index in [1.54, 1.807) is 18.4 Å². The summed E-state index contributed by atoms with van der Waals surface area (Å²) < 4.78 is 6.20. The van der Waals surface area contributed by atoms with Gasteiger partial charge in [0, 0.05) is 39.8 Å². The first-order chi connectivity index (χ1) is 11.8. The number of rotatable bonds is 7. The van der Waals surface area contributed by atoms with Gasteiger partial charge in [-0.05, 0) is 12.1 Å². The van der Waals surface area contributed by atoms with Crippen LogP contribution < -0.4 is 5.32 Å². The molecule has 0 atom stereocenters. The van der Waals surface area contributed by atoms with Crippen molar-refractivity contribution in [1.29, 1.82) is 0 Å². The van der Waals surface area contributed by atoms with Crippen LogP contribution >= 0.6 is 23.7 Å². The number of nitrogens with one attached hydrogen (secondary N) is 1. The molecule has 1 amide bonds. The Bertz CT molecular complexity index is 640. The fourth-order valence-corrected chi connectivity index (χ4v) is 3.83. The fraction of sp³-hybridized carbons (Fsp3) is 0.529. The first-order valence-electron chi connectivity index (χ1n) is 8.30. The first-order valence-corrected chi connectivity index (χ1v) is 9.12. The van der Waals surface area contributed by atoms with Crippen LogP contribution in [0.4, 0.5) is 0 Å². The van der Waals surface area contributed by atoms with Gasteiger partial charge in [0.05, 0.1) is 29.9 Å². The van der Waals surface area contributed by atoms with Crippen LogP contribution in [0.15, 0.2) is 24.3 Å². The zero-order valence-corrected chi connectivity index (χ0v) is 16.1. The van der Waals surface area contributed by atoms with Gasteiger partial charge in [0.25, 0.3) is 0 Å². The van der Waals surface area contributed by atoms with E-state index in [0.29, 0.717) is 19.7 Å². The monoisotopic (exact) mass is 384 g/mol. The lowest BCUT2D eigenvalue weighted by molar-refractivity contribution is -0.132. The van der Waals surface area contributed by atoms with Crippen molar-refractivity contribution in [3.8, 4) is 0 Å². The van der Waals surface area contributed by atoms with Crippen LogP contribution in [0.5, 0.6) is 0 Å². The fourth-order valence-electron chi connectivity index (χ4n) is 2.82. The number of benzene rings is 1. The van der Waals surface area contributed by atoms with Gasteiger partial charge in [0.15, 0.2) is 0 Å². The highest BCUT2D eigenvalue weighted by atomic mass is 35.5. The zero-order chi connectivity index (χ0) is 16.8. The minimum absolute atomic E-state index is 0. The molecule has 0 unspecified atom stereocenters. The number of ether oxygens (including phenoxy) is 1. The average molecular weight is 385 g/mol. The molecule has 1 aliphatic rings. The maximum absolute atomic E-state index is 12.1. The van der Waals surface area contributed by atoms with Crippen molar-refractivity contribution in [1.82, 2.24) is 20.1 Å². The molecule has 1 fully saturated rings. The number of amides is 1. The van der Waals surface area contributed by atoms with Crippen LogP contribution in [0.3, 0.4) is 0 Å². The molecule has 1 aliphatic heterocycles. The lowest BCUT2D eigenvalue weighted by Crippen LogP contribution is -2.50. The molecule has 0 aliphatic carbocycles. The summed E-state index contributed by atoms with van der Waals surface area (Å²) in [6.45, 7) is 5.97. The highest BCUT2D eigenvalue weighted by Gasteiger charge is 2.21. The summed E-state index contributed by atoms with van der Waals surface area (Å²) in [7, 11) is 1.66. The minimum atomic E-state index is 0. The second-order valence-electron chi connectivity index (χ2n) is 5.90. The third-order valence-corrected chi connectivity index (χ3v) is 5.20. The summed E-state index contributed by atoms with van der Waals surface area (Å²) in [5.74, 6) is 0.172. The number of nitrogens with zero attached hydrogens (tertiary/aromatic N) is 3. The van der Waals surface area contributed by atoms with Crippen molar-refractivity contribution in [2.75, 3.05) is 53.0 Å². The van der Waals surface area contributed by atoms with Gasteiger partial charge in [-0.3, -0.25) is 9.69 Å². The second kappa shape index (κ2) is 10.0. The number of halogens is 1. The van der Waals surface area contributed by atoms with Gasteiger partial charge in [-0.25, -0.2) is 4.98 Å². The van der Waals surface area contributed by atoms with E-state index in [4.69, 9.17) is 9.72 Å². The van der Waals surface area contributed by atoms with E-state index in [-0.39, 0.29) is 18.3 Å². The van der Waals surface area contributed by atoms with E-state index in [9.17, 15) is 4.79 Å². The molecule has 1 aromatic carbocycles. The Morgan fingerprint density at radius 3 is 2.76 bits per heavy atom. The summed E-state index contributed by atoms with van der Waals surface area (Å²) in [5.41, 5.74) is 1.08. The molecule has 0 radical (unpaired) electrons. The topological polar surface area (TPSA) is 57.7 Å². The van der Waals surface area contributed by atoms with E-state index in [1.165, 1.54) is 4.70 Å². The van der Waals surface area contributed by atoms with E-state index < -0.39 is 0 Å². The predicted molar refractivity (Wildman–Crippen MR) is 103 cm³/mol. The van der Waals surface area contributed by atoms with Crippen molar-refractivity contribution in [2.24, 2.45) is 0 Å². The molecule has 2 heterocycles. The van der Waals surface area contributed by atoms with Crippen molar-refractivity contribution in [3.05, 3.63) is 29.3 Å². The number of fused-ring (bicyclic) bond motifs is 1.